The van der Waals surface area contributed by atoms with Crippen LogP contribution in [0.2, 0.25) is 5.02 Å². The van der Waals surface area contributed by atoms with E-state index in [2.05, 4.69) is 4.90 Å². The molecule has 2 nitrogen and oxygen atoms in total. The van der Waals surface area contributed by atoms with E-state index in [0.717, 1.165) is 22.9 Å². The highest BCUT2D eigenvalue weighted by molar-refractivity contribution is 6.30. The van der Waals surface area contributed by atoms with Gasteiger partial charge in [0.1, 0.15) is 0 Å². The zero-order chi connectivity index (χ0) is 11.1. The number of ether oxygens (including phenoxy) is 1. The fourth-order valence-electron chi connectivity index (χ4n) is 1.92. The van der Waals surface area contributed by atoms with Gasteiger partial charge in [-0.2, -0.15) is 0 Å². The summed E-state index contributed by atoms with van der Waals surface area (Å²) in [4.78, 5) is 2.10. The number of hydrogen-bond donors (Lipinski definition) is 0. The first-order valence-electron chi connectivity index (χ1n) is 5.06. The lowest BCUT2D eigenvalue weighted by molar-refractivity contribution is 0.475. The standard InChI is InChI=1S/C13H10ClNO/c1-15-10-4-2-3-5-12(10)16-13-8-9(14)6-7-11(13)15/h2-8H,1H3. The zero-order valence-electron chi connectivity index (χ0n) is 8.77. The van der Waals surface area contributed by atoms with Crippen molar-refractivity contribution < 1.29 is 4.74 Å². The summed E-state index contributed by atoms with van der Waals surface area (Å²) in [5.41, 5.74) is 2.10. The van der Waals surface area contributed by atoms with Crippen molar-refractivity contribution in [3.63, 3.8) is 0 Å². The van der Waals surface area contributed by atoms with Gasteiger partial charge < -0.3 is 9.64 Å². The van der Waals surface area contributed by atoms with E-state index in [1.807, 2.05) is 49.5 Å². The number of halogens is 1. The third-order valence-corrected chi connectivity index (χ3v) is 2.96. The fourth-order valence-corrected chi connectivity index (χ4v) is 2.08. The summed E-state index contributed by atoms with van der Waals surface area (Å²) in [5, 5.41) is 0.687. The maximum absolute atomic E-state index is 5.95. The number of nitrogens with zero attached hydrogens (tertiary/aromatic N) is 1. The number of anilines is 2. The molecule has 0 aliphatic carbocycles. The predicted molar refractivity (Wildman–Crippen MR) is 66.0 cm³/mol. The van der Waals surface area contributed by atoms with Gasteiger partial charge in [-0.15, -0.1) is 0 Å². The Labute approximate surface area is 99.0 Å². The molecule has 0 amide bonds. The minimum Gasteiger partial charge on any atom is -0.453 e. The Morgan fingerprint density at radius 2 is 1.75 bits per heavy atom. The summed E-state index contributed by atoms with van der Waals surface area (Å²) in [6.45, 7) is 0. The Morgan fingerprint density at radius 1 is 1.00 bits per heavy atom. The third kappa shape index (κ3) is 1.34. The highest BCUT2D eigenvalue weighted by atomic mass is 35.5. The molecule has 0 aromatic heterocycles. The third-order valence-electron chi connectivity index (χ3n) is 2.73. The first kappa shape index (κ1) is 9.55. The molecule has 1 aliphatic heterocycles. The number of fused-ring (bicyclic) bond motifs is 2. The molecule has 0 spiro atoms. The largest absolute Gasteiger partial charge is 0.453 e. The lowest BCUT2D eigenvalue weighted by Crippen LogP contribution is -2.15. The van der Waals surface area contributed by atoms with Crippen LogP contribution >= 0.6 is 11.6 Å². The van der Waals surface area contributed by atoms with Gasteiger partial charge in [0.15, 0.2) is 11.5 Å². The quantitative estimate of drug-likeness (QED) is 0.673. The van der Waals surface area contributed by atoms with Crippen molar-refractivity contribution in [2.75, 3.05) is 11.9 Å². The van der Waals surface area contributed by atoms with Gasteiger partial charge in [0, 0.05) is 18.1 Å². The lowest BCUT2D eigenvalue weighted by atomic mass is 10.2. The van der Waals surface area contributed by atoms with Gasteiger partial charge in [-0.3, -0.25) is 0 Å². The molecule has 0 saturated carbocycles. The Bertz CT molecular complexity index is 553. The summed E-state index contributed by atoms with van der Waals surface area (Å²) in [6.07, 6.45) is 0. The van der Waals surface area contributed by atoms with E-state index in [4.69, 9.17) is 16.3 Å². The van der Waals surface area contributed by atoms with Crippen LogP contribution in [0.25, 0.3) is 0 Å². The Hall–Kier alpha value is -1.67. The average Bonchev–Trinajstić information content (AvgIpc) is 2.29. The predicted octanol–water partition coefficient (Wildman–Crippen LogP) is 4.21. The van der Waals surface area contributed by atoms with E-state index in [1.54, 1.807) is 0 Å². The van der Waals surface area contributed by atoms with Gasteiger partial charge >= 0.3 is 0 Å². The van der Waals surface area contributed by atoms with Crippen LogP contribution in [-0.4, -0.2) is 7.05 Å². The van der Waals surface area contributed by atoms with Crippen molar-refractivity contribution in [2.45, 2.75) is 0 Å². The van der Waals surface area contributed by atoms with E-state index >= 15 is 0 Å². The molecule has 3 heteroatoms. The molecule has 1 aliphatic rings. The smallest absolute Gasteiger partial charge is 0.152 e. The van der Waals surface area contributed by atoms with Crippen molar-refractivity contribution in [3.05, 3.63) is 47.5 Å². The van der Waals surface area contributed by atoms with Crippen LogP contribution in [0.4, 0.5) is 11.4 Å². The normalized spacial score (nSPS) is 12.8. The summed E-state index contributed by atoms with van der Waals surface area (Å²) in [5.74, 6) is 1.66. The second-order valence-electron chi connectivity index (χ2n) is 3.74. The van der Waals surface area contributed by atoms with Gasteiger partial charge in [0.25, 0.3) is 0 Å². The summed E-state index contributed by atoms with van der Waals surface area (Å²) < 4.78 is 5.80. The summed E-state index contributed by atoms with van der Waals surface area (Å²) in [6, 6.07) is 13.6. The molecular formula is C13H10ClNO. The first-order chi connectivity index (χ1) is 7.75. The van der Waals surface area contributed by atoms with E-state index in [-0.39, 0.29) is 0 Å². The number of hydrogen-bond acceptors (Lipinski definition) is 2. The molecule has 3 rings (SSSR count). The van der Waals surface area contributed by atoms with Crippen LogP contribution < -0.4 is 9.64 Å². The number of para-hydroxylation sites is 2. The van der Waals surface area contributed by atoms with Gasteiger partial charge in [0.05, 0.1) is 11.4 Å². The van der Waals surface area contributed by atoms with Crippen molar-refractivity contribution in [1.29, 1.82) is 0 Å². The van der Waals surface area contributed by atoms with Crippen molar-refractivity contribution in [3.8, 4) is 11.5 Å². The molecule has 0 fully saturated rings. The van der Waals surface area contributed by atoms with E-state index in [1.165, 1.54) is 0 Å². The topological polar surface area (TPSA) is 12.5 Å². The second kappa shape index (κ2) is 3.42. The molecule has 0 unspecified atom stereocenters. The van der Waals surface area contributed by atoms with Gasteiger partial charge in [-0.25, -0.2) is 0 Å². The Balaban J connectivity index is 2.18. The van der Waals surface area contributed by atoms with Crippen LogP contribution in [0.1, 0.15) is 0 Å². The minimum atomic E-state index is 0.687. The molecule has 0 atom stereocenters. The maximum Gasteiger partial charge on any atom is 0.152 e. The lowest BCUT2D eigenvalue weighted by Gasteiger charge is -2.29. The van der Waals surface area contributed by atoms with Crippen LogP contribution in [-0.2, 0) is 0 Å². The highest BCUT2D eigenvalue weighted by Crippen LogP contribution is 2.46. The molecule has 0 radical (unpaired) electrons. The van der Waals surface area contributed by atoms with Crippen LogP contribution in [0.3, 0.4) is 0 Å². The second-order valence-corrected chi connectivity index (χ2v) is 4.18. The monoisotopic (exact) mass is 231 g/mol. The van der Waals surface area contributed by atoms with Gasteiger partial charge in [-0.1, -0.05) is 23.7 Å². The van der Waals surface area contributed by atoms with E-state index < -0.39 is 0 Å². The Morgan fingerprint density at radius 3 is 2.62 bits per heavy atom. The fraction of sp³-hybridized carbons (Fsp3) is 0.0769. The first-order valence-corrected chi connectivity index (χ1v) is 5.44. The Kier molecular flexibility index (Phi) is 2.04. The SMILES string of the molecule is CN1c2ccccc2Oc2cc(Cl)ccc21. The molecule has 80 valence electrons. The van der Waals surface area contributed by atoms with Crippen molar-refractivity contribution in [2.24, 2.45) is 0 Å². The minimum absolute atomic E-state index is 0.687. The average molecular weight is 232 g/mol. The molecule has 2 aromatic rings. The van der Waals surface area contributed by atoms with Crippen LogP contribution in [0.5, 0.6) is 11.5 Å². The van der Waals surface area contributed by atoms with E-state index in [9.17, 15) is 0 Å². The summed E-state index contributed by atoms with van der Waals surface area (Å²) in [7, 11) is 2.02. The molecule has 16 heavy (non-hydrogen) atoms. The summed E-state index contributed by atoms with van der Waals surface area (Å²) >= 11 is 5.95. The zero-order valence-corrected chi connectivity index (χ0v) is 9.53. The van der Waals surface area contributed by atoms with Crippen molar-refractivity contribution >= 4 is 23.0 Å². The van der Waals surface area contributed by atoms with Gasteiger partial charge in [-0.05, 0) is 24.3 Å². The van der Waals surface area contributed by atoms with Crippen LogP contribution in [0, 0.1) is 0 Å². The molecule has 1 heterocycles. The molecule has 0 N–H and O–H groups in total. The number of rotatable bonds is 0. The molecule has 0 bridgehead atoms. The van der Waals surface area contributed by atoms with Crippen molar-refractivity contribution in [1.82, 2.24) is 0 Å². The molecule has 0 saturated heterocycles. The molecular weight excluding hydrogens is 222 g/mol. The molecule has 2 aromatic carbocycles. The maximum atomic E-state index is 5.95. The van der Waals surface area contributed by atoms with Crippen LogP contribution in [0.15, 0.2) is 42.5 Å². The highest BCUT2D eigenvalue weighted by Gasteiger charge is 2.20. The number of benzene rings is 2. The van der Waals surface area contributed by atoms with Gasteiger partial charge in [0.2, 0.25) is 0 Å². The van der Waals surface area contributed by atoms with E-state index in [0.29, 0.717) is 5.02 Å².